The van der Waals surface area contributed by atoms with Crippen molar-refractivity contribution in [1.82, 2.24) is 9.97 Å². The smallest absolute Gasteiger partial charge is 0.116 e. The Kier molecular flexibility index (Phi) is 2.31. The summed E-state index contributed by atoms with van der Waals surface area (Å²) in [5.74, 6) is 6.31. The highest BCUT2D eigenvalue weighted by molar-refractivity contribution is 5.78. The van der Waals surface area contributed by atoms with Crippen LogP contribution in [-0.2, 0) is 0 Å². The van der Waals surface area contributed by atoms with Crippen molar-refractivity contribution in [2.24, 2.45) is 5.73 Å². The van der Waals surface area contributed by atoms with Gasteiger partial charge in [-0.05, 0) is 37.5 Å². The summed E-state index contributed by atoms with van der Waals surface area (Å²) in [5, 5.41) is 1.01. The summed E-state index contributed by atoms with van der Waals surface area (Å²) in [6.07, 6.45) is 6.57. The molecule has 1 aliphatic rings. The van der Waals surface area contributed by atoms with E-state index in [-0.39, 0.29) is 5.54 Å². The summed E-state index contributed by atoms with van der Waals surface area (Å²) in [4.78, 5) is 8.18. The van der Waals surface area contributed by atoms with E-state index in [9.17, 15) is 0 Å². The van der Waals surface area contributed by atoms with Gasteiger partial charge in [-0.15, -0.1) is 0 Å². The van der Waals surface area contributed by atoms with Gasteiger partial charge in [0.2, 0.25) is 0 Å². The van der Waals surface area contributed by atoms with Crippen LogP contribution in [0, 0.1) is 11.8 Å². The minimum Gasteiger partial charge on any atom is -0.315 e. The molecule has 0 unspecified atom stereocenters. The van der Waals surface area contributed by atoms with E-state index in [2.05, 4.69) is 21.8 Å². The summed E-state index contributed by atoms with van der Waals surface area (Å²) in [7, 11) is 0. The molecule has 2 N–H and O–H groups in total. The van der Waals surface area contributed by atoms with Crippen LogP contribution in [-0.4, -0.2) is 15.5 Å². The fourth-order valence-corrected chi connectivity index (χ4v) is 1.94. The fourth-order valence-electron chi connectivity index (χ4n) is 1.94. The third-order valence-electron chi connectivity index (χ3n) is 3.21. The molecule has 1 aromatic heterocycles. The third-order valence-corrected chi connectivity index (χ3v) is 3.21. The molecule has 0 atom stereocenters. The van der Waals surface area contributed by atoms with Gasteiger partial charge in [0.05, 0.1) is 11.1 Å². The fraction of sp³-hybridized carbons (Fsp3) is 0.286. The van der Waals surface area contributed by atoms with Crippen LogP contribution in [0.1, 0.15) is 24.8 Å². The highest BCUT2D eigenvalue weighted by Crippen LogP contribution is 2.28. The molecule has 1 saturated carbocycles. The molecule has 3 heteroatoms. The average molecular weight is 223 g/mol. The van der Waals surface area contributed by atoms with Crippen molar-refractivity contribution >= 4 is 10.9 Å². The Morgan fingerprint density at radius 2 is 2.18 bits per heavy atom. The number of fused-ring (bicyclic) bond motifs is 1. The third kappa shape index (κ3) is 2.00. The van der Waals surface area contributed by atoms with Crippen LogP contribution in [0.15, 0.2) is 30.7 Å². The van der Waals surface area contributed by atoms with Crippen LogP contribution in [0.2, 0.25) is 0 Å². The first kappa shape index (κ1) is 10.2. The molecule has 84 valence electrons. The number of nitrogens with zero attached hydrogens (tertiary/aromatic N) is 2. The molecule has 0 saturated heterocycles. The lowest BCUT2D eigenvalue weighted by Gasteiger charge is -2.32. The van der Waals surface area contributed by atoms with Gasteiger partial charge in [-0.1, -0.05) is 11.8 Å². The zero-order chi connectivity index (χ0) is 11.7. The predicted molar refractivity (Wildman–Crippen MR) is 67.2 cm³/mol. The first-order valence-electron chi connectivity index (χ1n) is 5.77. The summed E-state index contributed by atoms with van der Waals surface area (Å²) in [5.41, 5.74) is 7.73. The van der Waals surface area contributed by atoms with Crippen molar-refractivity contribution in [3.63, 3.8) is 0 Å². The van der Waals surface area contributed by atoms with Crippen molar-refractivity contribution < 1.29 is 0 Å². The molecule has 1 aliphatic carbocycles. The van der Waals surface area contributed by atoms with E-state index < -0.39 is 0 Å². The SMILES string of the molecule is NC1(C#Cc2ccc3ncncc3c2)CCC1. The van der Waals surface area contributed by atoms with Crippen molar-refractivity contribution in [1.29, 1.82) is 0 Å². The molecule has 1 fully saturated rings. The Balaban J connectivity index is 1.95. The van der Waals surface area contributed by atoms with Crippen LogP contribution >= 0.6 is 0 Å². The number of rotatable bonds is 0. The average Bonchev–Trinajstić information content (AvgIpc) is 2.34. The van der Waals surface area contributed by atoms with Gasteiger partial charge in [0, 0.05) is 17.1 Å². The van der Waals surface area contributed by atoms with E-state index in [0.29, 0.717) is 0 Å². The zero-order valence-corrected chi connectivity index (χ0v) is 9.48. The normalized spacial score (nSPS) is 17.0. The van der Waals surface area contributed by atoms with Gasteiger partial charge in [-0.25, -0.2) is 9.97 Å². The zero-order valence-electron chi connectivity index (χ0n) is 9.48. The topological polar surface area (TPSA) is 51.8 Å². The molecule has 3 rings (SSSR count). The van der Waals surface area contributed by atoms with Crippen molar-refractivity contribution in [3.8, 4) is 11.8 Å². The Labute approximate surface area is 100 Å². The Morgan fingerprint density at radius 3 is 2.94 bits per heavy atom. The lowest BCUT2D eigenvalue weighted by atomic mass is 9.78. The number of benzene rings is 1. The van der Waals surface area contributed by atoms with Crippen molar-refractivity contribution in [2.75, 3.05) is 0 Å². The summed E-state index contributed by atoms with van der Waals surface area (Å²) in [6.45, 7) is 0. The summed E-state index contributed by atoms with van der Waals surface area (Å²) in [6, 6.07) is 5.94. The lowest BCUT2D eigenvalue weighted by Crippen LogP contribution is -2.44. The van der Waals surface area contributed by atoms with Gasteiger partial charge in [0.25, 0.3) is 0 Å². The number of hydrogen-bond donors (Lipinski definition) is 1. The lowest BCUT2D eigenvalue weighted by molar-refractivity contribution is 0.330. The van der Waals surface area contributed by atoms with Crippen LogP contribution < -0.4 is 5.73 Å². The first-order valence-corrected chi connectivity index (χ1v) is 5.77. The molecule has 0 amide bonds. The highest BCUT2D eigenvalue weighted by atomic mass is 14.8. The number of nitrogens with two attached hydrogens (primary N) is 1. The molecule has 0 bridgehead atoms. The second-order valence-corrected chi connectivity index (χ2v) is 4.56. The standard InChI is InChI=1S/C14H13N3/c15-14(5-1-6-14)7-4-11-2-3-13-12(8-11)9-16-10-17-13/h2-3,8-10H,1,5-6,15H2. The molecular formula is C14H13N3. The second-order valence-electron chi connectivity index (χ2n) is 4.56. The summed E-state index contributed by atoms with van der Waals surface area (Å²) >= 11 is 0. The maximum absolute atomic E-state index is 6.07. The number of hydrogen-bond acceptors (Lipinski definition) is 3. The molecule has 17 heavy (non-hydrogen) atoms. The van der Waals surface area contributed by atoms with E-state index in [1.807, 2.05) is 18.2 Å². The van der Waals surface area contributed by atoms with Gasteiger partial charge in [-0.3, -0.25) is 0 Å². The molecule has 1 aromatic carbocycles. The van der Waals surface area contributed by atoms with Gasteiger partial charge < -0.3 is 5.73 Å². The van der Waals surface area contributed by atoms with E-state index in [4.69, 9.17) is 5.73 Å². The predicted octanol–water partition coefficient (Wildman–Crippen LogP) is 1.86. The highest BCUT2D eigenvalue weighted by Gasteiger charge is 2.30. The summed E-state index contributed by atoms with van der Waals surface area (Å²) < 4.78 is 0. The quantitative estimate of drug-likeness (QED) is 0.693. The molecule has 3 nitrogen and oxygen atoms in total. The maximum Gasteiger partial charge on any atom is 0.116 e. The van der Waals surface area contributed by atoms with Gasteiger partial charge in [0.15, 0.2) is 0 Å². The minimum absolute atomic E-state index is 0.248. The Morgan fingerprint density at radius 1 is 1.29 bits per heavy atom. The van der Waals surface area contributed by atoms with Crippen LogP contribution in [0.4, 0.5) is 0 Å². The largest absolute Gasteiger partial charge is 0.315 e. The second kappa shape index (κ2) is 3.83. The van der Waals surface area contributed by atoms with Crippen molar-refractivity contribution in [2.45, 2.75) is 24.8 Å². The molecule has 1 heterocycles. The van der Waals surface area contributed by atoms with Gasteiger partial charge in [-0.2, -0.15) is 0 Å². The monoisotopic (exact) mass is 223 g/mol. The molecular weight excluding hydrogens is 210 g/mol. The molecule has 2 aromatic rings. The van der Waals surface area contributed by atoms with E-state index >= 15 is 0 Å². The molecule has 0 radical (unpaired) electrons. The van der Waals surface area contributed by atoms with E-state index in [0.717, 1.165) is 29.3 Å². The van der Waals surface area contributed by atoms with Crippen LogP contribution in [0.25, 0.3) is 10.9 Å². The van der Waals surface area contributed by atoms with Crippen molar-refractivity contribution in [3.05, 3.63) is 36.3 Å². The van der Waals surface area contributed by atoms with E-state index in [1.165, 1.54) is 6.42 Å². The minimum atomic E-state index is -0.248. The number of aromatic nitrogens is 2. The molecule has 0 spiro atoms. The maximum atomic E-state index is 6.07. The Hall–Kier alpha value is -1.92. The van der Waals surface area contributed by atoms with E-state index in [1.54, 1.807) is 12.5 Å². The first-order chi connectivity index (χ1) is 8.25. The van der Waals surface area contributed by atoms with Gasteiger partial charge in [0.1, 0.15) is 6.33 Å². The Bertz CT molecular complexity index is 618. The molecule has 0 aliphatic heterocycles. The van der Waals surface area contributed by atoms with Crippen LogP contribution in [0.3, 0.4) is 0 Å². The van der Waals surface area contributed by atoms with Gasteiger partial charge >= 0.3 is 0 Å². The van der Waals surface area contributed by atoms with Crippen LogP contribution in [0.5, 0.6) is 0 Å².